The smallest absolute Gasteiger partial charge is 0.360 e. The fourth-order valence-corrected chi connectivity index (χ4v) is 1.00. The van der Waals surface area contributed by atoms with Gasteiger partial charge in [-0.25, -0.2) is 4.79 Å². The maximum atomic E-state index is 11.2. The summed E-state index contributed by atoms with van der Waals surface area (Å²) in [5.41, 5.74) is 6.13. The molecule has 0 aliphatic rings. The van der Waals surface area contributed by atoms with Gasteiger partial charge in [-0.2, -0.15) is 10.3 Å². The van der Waals surface area contributed by atoms with Gasteiger partial charge in [0.05, 0.1) is 19.8 Å². The monoisotopic (exact) mass is 200 g/mol. The van der Waals surface area contributed by atoms with E-state index >= 15 is 0 Å². The summed E-state index contributed by atoms with van der Waals surface area (Å²) in [6.45, 7) is 0.260. The predicted octanol–water partition coefficient (Wildman–Crippen LogP) is -0.762. The van der Waals surface area contributed by atoms with Crippen LogP contribution in [0.3, 0.4) is 0 Å². The molecule has 7 nitrogen and oxygen atoms in total. The van der Waals surface area contributed by atoms with Crippen molar-refractivity contribution in [1.29, 1.82) is 0 Å². The summed E-state index contributed by atoms with van der Waals surface area (Å²) in [7, 11) is 2.78. The number of methoxy groups -OCH3 is 2. The quantitative estimate of drug-likeness (QED) is 0.619. The number of nitrogens with zero attached hydrogens (tertiary/aromatic N) is 2. The summed E-state index contributed by atoms with van der Waals surface area (Å²) in [6.07, 6.45) is 0. The molecule has 0 aromatic carbocycles. The lowest BCUT2D eigenvalue weighted by molar-refractivity contribution is 0.0591. The van der Waals surface area contributed by atoms with E-state index in [0.717, 1.165) is 0 Å². The van der Waals surface area contributed by atoms with Gasteiger partial charge in [0.2, 0.25) is 0 Å². The van der Waals surface area contributed by atoms with Crippen molar-refractivity contribution in [1.82, 2.24) is 15.4 Å². The van der Waals surface area contributed by atoms with Gasteiger partial charge < -0.3 is 15.2 Å². The van der Waals surface area contributed by atoms with Gasteiger partial charge in [0.25, 0.3) is 0 Å². The lowest BCUT2D eigenvalue weighted by atomic mass is 10.2. The summed E-state index contributed by atoms with van der Waals surface area (Å²) in [4.78, 5) is 11.2. The van der Waals surface area contributed by atoms with Crippen molar-refractivity contribution in [2.45, 2.75) is 6.04 Å². The lowest BCUT2D eigenvalue weighted by Crippen LogP contribution is -2.20. The number of nitrogens with one attached hydrogen (secondary N) is 1. The van der Waals surface area contributed by atoms with Crippen LogP contribution in [0.1, 0.15) is 22.2 Å². The Morgan fingerprint density at radius 3 is 2.86 bits per heavy atom. The first-order valence-electron chi connectivity index (χ1n) is 3.94. The molecule has 1 heterocycles. The molecular formula is C7H12N4O3. The zero-order valence-corrected chi connectivity index (χ0v) is 7.98. The van der Waals surface area contributed by atoms with Crippen molar-refractivity contribution in [3.05, 3.63) is 11.4 Å². The van der Waals surface area contributed by atoms with Crippen LogP contribution in [-0.4, -0.2) is 42.2 Å². The Hall–Kier alpha value is -1.47. The van der Waals surface area contributed by atoms with E-state index in [-0.39, 0.29) is 12.3 Å². The second-order valence-electron chi connectivity index (χ2n) is 2.61. The van der Waals surface area contributed by atoms with Crippen LogP contribution in [0.4, 0.5) is 0 Å². The maximum Gasteiger partial charge on any atom is 0.360 e. The maximum absolute atomic E-state index is 11.2. The third kappa shape index (κ3) is 2.06. The SMILES string of the molecule is COCC(N)c1n[nH]nc1C(=O)OC. The number of aromatic amines is 1. The van der Waals surface area contributed by atoms with Crippen LogP contribution >= 0.6 is 0 Å². The van der Waals surface area contributed by atoms with Crippen molar-refractivity contribution in [3.8, 4) is 0 Å². The van der Waals surface area contributed by atoms with Crippen LogP contribution in [0.15, 0.2) is 0 Å². The Balaban J connectivity index is 2.86. The minimum atomic E-state index is -0.569. The van der Waals surface area contributed by atoms with E-state index in [9.17, 15) is 4.79 Å². The molecule has 0 radical (unpaired) electrons. The molecule has 0 bridgehead atoms. The standard InChI is InChI=1S/C7H12N4O3/c1-13-3-4(8)5-6(7(12)14-2)10-11-9-5/h4H,3,8H2,1-2H3,(H,9,10,11). The first-order chi connectivity index (χ1) is 6.70. The van der Waals surface area contributed by atoms with Gasteiger partial charge in [0.1, 0.15) is 5.69 Å². The number of ether oxygens (including phenoxy) is 2. The second-order valence-corrected chi connectivity index (χ2v) is 2.61. The fourth-order valence-electron chi connectivity index (χ4n) is 1.00. The van der Waals surface area contributed by atoms with Crippen LogP contribution in [0.2, 0.25) is 0 Å². The Bertz CT molecular complexity index is 312. The zero-order valence-electron chi connectivity index (χ0n) is 7.98. The molecule has 7 heteroatoms. The first kappa shape index (κ1) is 10.6. The average molecular weight is 200 g/mol. The number of hydrogen-bond donors (Lipinski definition) is 2. The topological polar surface area (TPSA) is 103 Å². The molecule has 0 aliphatic carbocycles. The van der Waals surface area contributed by atoms with Crippen LogP contribution in [-0.2, 0) is 9.47 Å². The van der Waals surface area contributed by atoms with Gasteiger partial charge in [-0.05, 0) is 0 Å². The Morgan fingerprint density at radius 2 is 2.29 bits per heavy atom. The minimum absolute atomic E-state index is 0.0945. The van der Waals surface area contributed by atoms with Crippen LogP contribution in [0.5, 0.6) is 0 Å². The summed E-state index contributed by atoms with van der Waals surface area (Å²) >= 11 is 0. The van der Waals surface area contributed by atoms with Crippen molar-refractivity contribution < 1.29 is 14.3 Å². The molecule has 1 rings (SSSR count). The molecule has 1 unspecified atom stereocenters. The van der Waals surface area contributed by atoms with E-state index in [4.69, 9.17) is 10.5 Å². The third-order valence-electron chi connectivity index (χ3n) is 1.65. The predicted molar refractivity (Wildman–Crippen MR) is 46.5 cm³/mol. The Labute approximate surface area is 80.6 Å². The summed E-state index contributed by atoms with van der Waals surface area (Å²) < 4.78 is 9.34. The highest BCUT2D eigenvalue weighted by molar-refractivity contribution is 5.88. The fraction of sp³-hybridized carbons (Fsp3) is 0.571. The normalized spacial score (nSPS) is 12.5. The Morgan fingerprint density at radius 1 is 1.57 bits per heavy atom. The number of hydrogen-bond acceptors (Lipinski definition) is 6. The molecule has 0 aliphatic heterocycles. The highest BCUT2D eigenvalue weighted by Gasteiger charge is 2.21. The molecule has 0 saturated heterocycles. The highest BCUT2D eigenvalue weighted by atomic mass is 16.5. The van der Waals surface area contributed by atoms with Crippen molar-refractivity contribution in [2.24, 2.45) is 5.73 Å². The molecule has 0 spiro atoms. The van der Waals surface area contributed by atoms with Crippen molar-refractivity contribution in [2.75, 3.05) is 20.8 Å². The molecule has 1 aromatic rings. The van der Waals surface area contributed by atoms with E-state index < -0.39 is 12.0 Å². The number of carbonyl (C=O) groups excluding carboxylic acids is 1. The van der Waals surface area contributed by atoms with E-state index in [1.807, 2.05) is 0 Å². The molecule has 3 N–H and O–H groups in total. The Kier molecular flexibility index (Phi) is 3.55. The van der Waals surface area contributed by atoms with Crippen molar-refractivity contribution >= 4 is 5.97 Å². The summed E-state index contributed by atoms with van der Waals surface area (Å²) in [5, 5.41) is 9.72. The lowest BCUT2D eigenvalue weighted by Gasteiger charge is -2.07. The zero-order chi connectivity index (χ0) is 10.6. The number of aromatic nitrogens is 3. The number of esters is 1. The van der Waals surface area contributed by atoms with Gasteiger partial charge in [-0.3, -0.25) is 0 Å². The molecule has 1 atom stereocenters. The van der Waals surface area contributed by atoms with Crippen LogP contribution < -0.4 is 5.73 Å². The minimum Gasteiger partial charge on any atom is -0.464 e. The molecule has 0 saturated carbocycles. The third-order valence-corrected chi connectivity index (χ3v) is 1.65. The average Bonchev–Trinajstić information content (AvgIpc) is 2.65. The van der Waals surface area contributed by atoms with Gasteiger partial charge in [0.15, 0.2) is 5.69 Å². The van der Waals surface area contributed by atoms with Gasteiger partial charge in [-0.15, -0.1) is 5.10 Å². The largest absolute Gasteiger partial charge is 0.464 e. The highest BCUT2D eigenvalue weighted by Crippen LogP contribution is 2.11. The molecule has 14 heavy (non-hydrogen) atoms. The molecule has 0 amide bonds. The van der Waals surface area contributed by atoms with E-state index in [0.29, 0.717) is 5.69 Å². The molecule has 78 valence electrons. The van der Waals surface area contributed by atoms with Crippen LogP contribution in [0.25, 0.3) is 0 Å². The summed E-state index contributed by atoms with van der Waals surface area (Å²) in [5.74, 6) is -0.569. The number of nitrogens with two attached hydrogens (primary N) is 1. The van der Waals surface area contributed by atoms with Gasteiger partial charge in [-0.1, -0.05) is 0 Å². The van der Waals surface area contributed by atoms with Crippen molar-refractivity contribution in [3.63, 3.8) is 0 Å². The number of carbonyl (C=O) groups is 1. The van der Waals surface area contributed by atoms with Gasteiger partial charge in [0, 0.05) is 7.11 Å². The molecule has 0 fully saturated rings. The van der Waals surface area contributed by atoms with E-state index in [1.165, 1.54) is 14.2 Å². The summed E-state index contributed by atoms with van der Waals surface area (Å²) in [6, 6.07) is -0.493. The second kappa shape index (κ2) is 4.68. The first-order valence-corrected chi connectivity index (χ1v) is 3.94. The van der Waals surface area contributed by atoms with E-state index in [1.54, 1.807) is 0 Å². The van der Waals surface area contributed by atoms with Gasteiger partial charge >= 0.3 is 5.97 Å². The molecule has 1 aromatic heterocycles. The number of H-pyrrole nitrogens is 1. The molecular weight excluding hydrogens is 188 g/mol. The van der Waals surface area contributed by atoms with E-state index in [2.05, 4.69) is 20.1 Å². The number of rotatable bonds is 4. The van der Waals surface area contributed by atoms with Crippen LogP contribution in [0, 0.1) is 0 Å².